The fourth-order valence-electron chi connectivity index (χ4n) is 2.30. The lowest BCUT2D eigenvalue weighted by atomic mass is 9.16. The largest absolute Gasteiger partial charge is 0.189 e. The lowest BCUT2D eigenvalue weighted by molar-refractivity contribution is 1.17. The Morgan fingerprint density at radius 2 is 1.00 bits per heavy atom. The average molecular weight is 171 g/mol. The predicted molar refractivity (Wildman–Crippen MR) is 61.5 cm³/mol. The summed E-state index contributed by atoms with van der Waals surface area (Å²) in [6.07, 6.45) is 17.6. The Bertz CT molecular complexity index is 251. The molecule has 1 heteroatoms. The van der Waals surface area contributed by atoms with Crippen LogP contribution in [-0.4, -0.2) is 6.15 Å². The molecule has 0 heterocycles. The summed E-state index contributed by atoms with van der Waals surface area (Å²) in [6.45, 7) is 4.80. The maximum atomic E-state index is 2.40. The smallest absolute Gasteiger partial charge is 0.0163 e. The summed E-state index contributed by atoms with van der Waals surface area (Å²) < 4.78 is 0. The zero-order chi connectivity index (χ0) is 9.31. The van der Waals surface area contributed by atoms with Gasteiger partial charge in [-0.1, -0.05) is 24.3 Å². The van der Waals surface area contributed by atoms with Crippen molar-refractivity contribution in [3.63, 3.8) is 0 Å². The Morgan fingerprint density at radius 3 is 1.31 bits per heavy atom. The van der Waals surface area contributed by atoms with Gasteiger partial charge in [0.05, 0.1) is 0 Å². The Morgan fingerprint density at radius 1 is 0.692 bits per heavy atom. The van der Waals surface area contributed by atoms with Crippen LogP contribution in [0.3, 0.4) is 0 Å². The van der Waals surface area contributed by atoms with Crippen molar-refractivity contribution in [1.82, 2.24) is 0 Å². The molecule has 0 saturated heterocycles. The minimum Gasteiger partial charge on any atom is -0.189 e. The average Bonchev–Trinajstić information content (AvgIpc) is 2.78. The van der Waals surface area contributed by atoms with Crippen LogP contribution < -0.4 is 0 Å². The van der Waals surface area contributed by atoms with Gasteiger partial charge in [0.2, 0.25) is 0 Å². The molecule has 68 valence electrons. The van der Waals surface area contributed by atoms with E-state index < -0.39 is 0 Å². The number of hydrogen-bond acceptors (Lipinski definition) is 0. The summed E-state index contributed by atoms with van der Waals surface area (Å²) in [4.78, 5) is 0. The zero-order valence-corrected chi connectivity index (χ0v) is 8.35. The highest BCUT2D eigenvalue weighted by molar-refractivity contribution is 6.82. The second-order valence-electron chi connectivity index (χ2n) is 4.80. The monoisotopic (exact) mass is 171 g/mol. The first-order valence-corrected chi connectivity index (χ1v) is 5.15. The maximum Gasteiger partial charge on any atom is 0.0163 e. The van der Waals surface area contributed by atoms with E-state index in [1.165, 1.54) is 0 Å². The first kappa shape index (κ1) is 8.62. The highest BCUT2D eigenvalue weighted by atomic mass is 14.1. The molecular weight excluding hydrogens is 155 g/mol. The van der Waals surface area contributed by atoms with Crippen molar-refractivity contribution in [2.75, 3.05) is 0 Å². The molecule has 0 aliphatic heterocycles. The van der Waals surface area contributed by atoms with Gasteiger partial charge in [-0.3, -0.25) is 0 Å². The van der Waals surface area contributed by atoms with Gasteiger partial charge in [0, 0.05) is 6.15 Å². The molecule has 0 atom stereocenters. The molecule has 0 spiro atoms. The van der Waals surface area contributed by atoms with Crippen LogP contribution in [0.1, 0.15) is 0 Å². The maximum absolute atomic E-state index is 2.40. The highest BCUT2D eigenvalue weighted by Gasteiger charge is 2.27. The van der Waals surface area contributed by atoms with Gasteiger partial charge in [-0.2, -0.15) is 13.6 Å². The number of hydrogen-bond donors (Lipinski definition) is 0. The molecule has 0 aromatic carbocycles. The van der Waals surface area contributed by atoms with Gasteiger partial charge in [-0.15, -0.1) is 35.9 Å². The van der Waals surface area contributed by atoms with Gasteiger partial charge in [0.1, 0.15) is 0 Å². The van der Waals surface area contributed by atoms with Crippen molar-refractivity contribution in [2.45, 2.75) is 25.3 Å². The van der Waals surface area contributed by atoms with Gasteiger partial charge in [-0.05, 0) is 0 Å². The van der Waals surface area contributed by atoms with Gasteiger partial charge in [-0.25, -0.2) is 0 Å². The van der Waals surface area contributed by atoms with Gasteiger partial charge >= 0.3 is 0 Å². The summed E-state index contributed by atoms with van der Waals surface area (Å²) in [7, 11) is 0. The minimum atomic E-state index is -0.361. The molecule has 0 radical (unpaired) electrons. The van der Waals surface area contributed by atoms with E-state index in [1.54, 1.807) is 0 Å². The molecule has 13 heavy (non-hydrogen) atoms. The quantitative estimate of drug-likeness (QED) is 0.556. The van der Waals surface area contributed by atoms with E-state index in [1.807, 2.05) is 0 Å². The third-order valence-corrected chi connectivity index (χ3v) is 3.54. The molecule has 0 fully saturated rings. The van der Waals surface area contributed by atoms with Crippen LogP contribution in [0.4, 0.5) is 0 Å². The van der Waals surface area contributed by atoms with E-state index >= 15 is 0 Å². The standard InChI is InChI=1S/C12H16B/c1-13(2,11-7-3-4-8-11)12-9-5-6-10-12/h3-12H,1-2H3/q-1. The number of allylic oxidation sites excluding steroid dienone is 8. The molecule has 2 aliphatic rings. The summed E-state index contributed by atoms with van der Waals surface area (Å²) >= 11 is 0. The highest BCUT2D eigenvalue weighted by Crippen LogP contribution is 2.40. The Labute approximate surface area is 80.6 Å². The molecule has 0 nitrogen and oxygen atoms in total. The molecule has 2 rings (SSSR count). The van der Waals surface area contributed by atoms with Crippen LogP contribution in [0.15, 0.2) is 48.6 Å². The van der Waals surface area contributed by atoms with E-state index in [2.05, 4.69) is 62.3 Å². The van der Waals surface area contributed by atoms with E-state index in [0.29, 0.717) is 11.6 Å². The van der Waals surface area contributed by atoms with E-state index in [-0.39, 0.29) is 6.15 Å². The Balaban J connectivity index is 2.19. The molecule has 0 unspecified atom stereocenters. The zero-order valence-electron chi connectivity index (χ0n) is 8.35. The SMILES string of the molecule is C[B-](C)(C1C=CC=C1)C1C=CC=C1. The molecule has 0 N–H and O–H groups in total. The molecule has 0 saturated carbocycles. The minimum absolute atomic E-state index is 0.361. The third-order valence-electron chi connectivity index (χ3n) is 3.54. The van der Waals surface area contributed by atoms with Crippen molar-refractivity contribution in [1.29, 1.82) is 0 Å². The van der Waals surface area contributed by atoms with Crippen molar-refractivity contribution >= 4 is 6.15 Å². The second kappa shape index (κ2) is 3.06. The molecule has 0 aromatic heterocycles. The van der Waals surface area contributed by atoms with Gasteiger partial charge in [0.25, 0.3) is 0 Å². The third kappa shape index (κ3) is 1.43. The summed E-state index contributed by atoms with van der Waals surface area (Å²) in [5, 5.41) is 0. The molecule has 0 bridgehead atoms. The first-order chi connectivity index (χ1) is 6.21. The Kier molecular flexibility index (Phi) is 2.03. The number of rotatable bonds is 2. The van der Waals surface area contributed by atoms with Crippen LogP contribution in [0.2, 0.25) is 25.3 Å². The topological polar surface area (TPSA) is 0 Å². The fourth-order valence-corrected chi connectivity index (χ4v) is 2.30. The van der Waals surface area contributed by atoms with Crippen molar-refractivity contribution in [3.8, 4) is 0 Å². The summed E-state index contributed by atoms with van der Waals surface area (Å²) in [5.74, 6) is 1.30. The fraction of sp³-hybridized carbons (Fsp3) is 0.333. The van der Waals surface area contributed by atoms with Crippen LogP contribution in [0.5, 0.6) is 0 Å². The van der Waals surface area contributed by atoms with Crippen LogP contribution in [0, 0.1) is 0 Å². The van der Waals surface area contributed by atoms with Crippen molar-refractivity contribution in [2.24, 2.45) is 0 Å². The lowest BCUT2D eigenvalue weighted by Gasteiger charge is -2.39. The first-order valence-electron chi connectivity index (χ1n) is 5.15. The van der Waals surface area contributed by atoms with Gasteiger partial charge in [0.15, 0.2) is 0 Å². The Hall–Kier alpha value is -0.975. The van der Waals surface area contributed by atoms with E-state index in [9.17, 15) is 0 Å². The van der Waals surface area contributed by atoms with Gasteiger partial charge < -0.3 is 0 Å². The molecule has 2 aliphatic carbocycles. The summed E-state index contributed by atoms with van der Waals surface area (Å²) in [6, 6.07) is 0. The van der Waals surface area contributed by atoms with Crippen LogP contribution in [-0.2, 0) is 0 Å². The van der Waals surface area contributed by atoms with Crippen LogP contribution in [0.25, 0.3) is 0 Å². The van der Waals surface area contributed by atoms with Crippen molar-refractivity contribution in [3.05, 3.63) is 48.6 Å². The molecule has 0 aromatic rings. The van der Waals surface area contributed by atoms with Crippen molar-refractivity contribution < 1.29 is 0 Å². The molecular formula is C12H16B-. The normalized spacial score (nSPS) is 22.3. The second-order valence-corrected chi connectivity index (χ2v) is 4.80. The summed E-state index contributed by atoms with van der Waals surface area (Å²) in [5.41, 5.74) is 0. The van der Waals surface area contributed by atoms with E-state index in [4.69, 9.17) is 0 Å². The lowest BCUT2D eigenvalue weighted by Crippen LogP contribution is -2.34. The van der Waals surface area contributed by atoms with Crippen LogP contribution >= 0.6 is 0 Å². The van der Waals surface area contributed by atoms with E-state index in [0.717, 1.165) is 0 Å². The molecule has 0 amide bonds. The predicted octanol–water partition coefficient (Wildman–Crippen LogP) is 3.69.